The second kappa shape index (κ2) is 36.4. The third kappa shape index (κ3) is 30.6. The van der Waals surface area contributed by atoms with Gasteiger partial charge < -0.3 is 23.7 Å². The SMILES string of the molecule is CC/C=C\C=C/CCC[C@H]1O[C@@H]1C#CC#CCCC(=O)OC[C@@H](OC(=O)CCC#CC#C[C@H]1O[C@@H]1CCC/C=C\C=C/CC)OC(=O)CCCCCCCCCCCCC. The minimum absolute atomic E-state index is 0.0170. The van der Waals surface area contributed by atoms with Crippen molar-refractivity contribution in [1.29, 1.82) is 0 Å². The van der Waals surface area contributed by atoms with E-state index < -0.39 is 30.8 Å². The van der Waals surface area contributed by atoms with E-state index in [1.54, 1.807) is 0 Å². The molecule has 2 aliphatic rings. The first-order valence-electron chi connectivity index (χ1n) is 22.9. The van der Waals surface area contributed by atoms with Crippen molar-refractivity contribution in [2.75, 3.05) is 6.61 Å². The van der Waals surface area contributed by atoms with Crippen molar-refractivity contribution >= 4 is 17.9 Å². The predicted octanol–water partition coefficient (Wildman–Crippen LogP) is 11.1. The molecule has 0 bridgehead atoms. The van der Waals surface area contributed by atoms with E-state index in [1.165, 1.54) is 44.9 Å². The molecule has 8 nitrogen and oxygen atoms in total. The van der Waals surface area contributed by atoms with Gasteiger partial charge in [0.25, 0.3) is 6.29 Å². The fourth-order valence-corrected chi connectivity index (χ4v) is 6.06. The summed E-state index contributed by atoms with van der Waals surface area (Å²) in [5.41, 5.74) is 0. The predicted molar refractivity (Wildman–Crippen MR) is 240 cm³/mol. The third-order valence-electron chi connectivity index (χ3n) is 9.65. The van der Waals surface area contributed by atoms with Crippen molar-refractivity contribution in [2.24, 2.45) is 0 Å². The van der Waals surface area contributed by atoms with Gasteiger partial charge in [0.05, 0.1) is 25.0 Å². The monoisotopic (exact) mass is 825 g/mol. The maximum absolute atomic E-state index is 12.7. The van der Waals surface area contributed by atoms with Crippen LogP contribution in [0.25, 0.3) is 0 Å². The molecule has 0 saturated carbocycles. The average molecular weight is 825 g/mol. The van der Waals surface area contributed by atoms with Gasteiger partial charge in [0.15, 0.2) is 6.61 Å². The molecule has 2 aliphatic heterocycles. The molecule has 0 spiro atoms. The summed E-state index contributed by atoms with van der Waals surface area (Å²) in [6, 6.07) is 0. The summed E-state index contributed by atoms with van der Waals surface area (Å²) in [7, 11) is 0. The first-order valence-corrected chi connectivity index (χ1v) is 22.9. The van der Waals surface area contributed by atoms with E-state index in [0.717, 1.165) is 70.6 Å². The van der Waals surface area contributed by atoms with E-state index in [9.17, 15) is 14.4 Å². The largest absolute Gasteiger partial charge is 0.458 e. The van der Waals surface area contributed by atoms with Crippen molar-refractivity contribution in [1.82, 2.24) is 0 Å². The van der Waals surface area contributed by atoms with Crippen LogP contribution in [0.3, 0.4) is 0 Å². The van der Waals surface area contributed by atoms with Crippen molar-refractivity contribution in [2.45, 2.75) is 206 Å². The topological polar surface area (TPSA) is 104 Å². The van der Waals surface area contributed by atoms with Gasteiger partial charge in [-0.15, -0.1) is 0 Å². The summed E-state index contributed by atoms with van der Waals surface area (Å²) in [6.45, 7) is 6.05. The van der Waals surface area contributed by atoms with Crippen LogP contribution in [0.1, 0.15) is 175 Å². The molecular formula is C52H72O8. The summed E-state index contributed by atoms with van der Waals surface area (Å²) < 4.78 is 27.4. The Kier molecular flexibility index (Phi) is 31.3. The Labute approximate surface area is 363 Å². The van der Waals surface area contributed by atoms with E-state index in [-0.39, 0.29) is 56.5 Å². The van der Waals surface area contributed by atoms with Crippen LogP contribution in [-0.2, 0) is 38.1 Å². The molecule has 2 fully saturated rings. The van der Waals surface area contributed by atoms with Gasteiger partial charge in [-0.3, -0.25) is 14.4 Å². The van der Waals surface area contributed by atoms with Crippen LogP contribution in [0.5, 0.6) is 0 Å². The molecule has 0 aromatic carbocycles. The standard InChI is InChI=1S/C52H72O8/c1-4-7-10-13-16-17-18-19-22-25-35-42-50(54)59-52(60-51(55)43-36-29-27-33-40-48-46(58-48)38-31-24-21-15-12-9-6-3)44-56-49(53)41-34-28-26-32-39-47-45(57-47)37-30-23-20-14-11-8-5-2/h8-9,11-12,14-15,20-21,45-48,52H,4-7,10,13,16-19,22-25,30-31,34-38,41-44H2,1-3H3/b11-8-,12-9-,20-14-,21-15-/t45-,46-,47-,48-,52-/m1/s1. The van der Waals surface area contributed by atoms with Gasteiger partial charge in [0.2, 0.25) is 0 Å². The Balaban J connectivity index is 1.72. The molecule has 2 rings (SSSR count). The average Bonchev–Trinajstić information content (AvgIpc) is 4.17. The summed E-state index contributed by atoms with van der Waals surface area (Å²) in [5.74, 6) is 21.2. The van der Waals surface area contributed by atoms with Crippen LogP contribution in [0.2, 0.25) is 0 Å². The summed E-state index contributed by atoms with van der Waals surface area (Å²) in [4.78, 5) is 37.8. The van der Waals surface area contributed by atoms with Gasteiger partial charge in [-0.2, -0.15) is 0 Å². The fourth-order valence-electron chi connectivity index (χ4n) is 6.06. The molecule has 2 saturated heterocycles. The highest BCUT2D eigenvalue weighted by Crippen LogP contribution is 2.27. The normalized spacial score (nSPS) is 18.1. The maximum atomic E-state index is 12.7. The first kappa shape index (κ1) is 51.7. The number of rotatable bonds is 32. The van der Waals surface area contributed by atoms with Crippen LogP contribution in [-0.4, -0.2) is 55.2 Å². The van der Waals surface area contributed by atoms with Crippen molar-refractivity contribution in [3.63, 3.8) is 0 Å². The van der Waals surface area contributed by atoms with Crippen LogP contribution in [0.15, 0.2) is 48.6 Å². The zero-order valence-electron chi connectivity index (χ0n) is 36.9. The van der Waals surface area contributed by atoms with Gasteiger partial charge in [-0.25, -0.2) is 0 Å². The molecule has 60 heavy (non-hydrogen) atoms. The number of unbranched alkanes of at least 4 members (excludes halogenated alkanes) is 12. The van der Waals surface area contributed by atoms with Crippen LogP contribution in [0, 0.1) is 47.4 Å². The second-order valence-electron chi connectivity index (χ2n) is 15.1. The lowest BCUT2D eigenvalue weighted by Crippen LogP contribution is -2.30. The Morgan fingerprint density at radius 1 is 0.533 bits per heavy atom. The number of hydrogen-bond acceptors (Lipinski definition) is 8. The molecule has 0 unspecified atom stereocenters. The van der Waals surface area contributed by atoms with E-state index in [1.807, 2.05) is 0 Å². The van der Waals surface area contributed by atoms with E-state index in [2.05, 4.69) is 117 Å². The number of carbonyl (C=O) groups is 3. The third-order valence-corrected chi connectivity index (χ3v) is 9.65. The lowest BCUT2D eigenvalue weighted by Gasteiger charge is -2.18. The molecule has 2 heterocycles. The number of ether oxygens (including phenoxy) is 5. The smallest absolute Gasteiger partial charge is 0.309 e. The zero-order valence-corrected chi connectivity index (χ0v) is 36.9. The van der Waals surface area contributed by atoms with Crippen LogP contribution in [0.4, 0.5) is 0 Å². The number of carbonyl (C=O) groups excluding carboxylic acids is 3. The van der Waals surface area contributed by atoms with Crippen LogP contribution < -0.4 is 0 Å². The molecular weight excluding hydrogens is 753 g/mol. The fraction of sp³-hybridized carbons (Fsp3) is 0.635. The highest BCUT2D eigenvalue weighted by atomic mass is 16.7. The highest BCUT2D eigenvalue weighted by molar-refractivity contribution is 5.72. The quantitative estimate of drug-likeness (QED) is 0.0165. The Morgan fingerprint density at radius 2 is 0.983 bits per heavy atom. The molecule has 0 radical (unpaired) electrons. The van der Waals surface area contributed by atoms with Crippen LogP contribution >= 0.6 is 0 Å². The lowest BCUT2D eigenvalue weighted by molar-refractivity contribution is -0.199. The minimum atomic E-state index is -1.35. The molecule has 328 valence electrons. The Bertz CT molecular complexity index is 1590. The van der Waals surface area contributed by atoms with Crippen molar-refractivity contribution in [3.05, 3.63) is 48.6 Å². The molecule has 5 atom stereocenters. The lowest BCUT2D eigenvalue weighted by atomic mass is 10.1. The molecule has 0 amide bonds. The summed E-state index contributed by atoms with van der Waals surface area (Å²) in [5, 5.41) is 0. The Hall–Kier alpha value is -4.47. The van der Waals surface area contributed by atoms with E-state index in [0.29, 0.717) is 6.42 Å². The second-order valence-corrected chi connectivity index (χ2v) is 15.1. The van der Waals surface area contributed by atoms with Gasteiger partial charge in [-0.1, -0.05) is 157 Å². The van der Waals surface area contributed by atoms with Crippen molar-refractivity contribution < 1.29 is 38.1 Å². The molecule has 0 aliphatic carbocycles. The first-order chi connectivity index (χ1) is 29.5. The van der Waals surface area contributed by atoms with Crippen molar-refractivity contribution in [3.8, 4) is 47.4 Å². The summed E-state index contributed by atoms with van der Waals surface area (Å²) >= 11 is 0. The number of hydrogen-bond donors (Lipinski definition) is 0. The molecule has 0 aromatic rings. The molecule has 0 N–H and O–H groups in total. The number of allylic oxidation sites excluding steroid dienone is 8. The van der Waals surface area contributed by atoms with E-state index >= 15 is 0 Å². The van der Waals surface area contributed by atoms with Gasteiger partial charge in [0.1, 0.15) is 12.2 Å². The van der Waals surface area contributed by atoms with Gasteiger partial charge >= 0.3 is 17.9 Å². The molecule has 0 aromatic heterocycles. The zero-order chi connectivity index (χ0) is 43.1. The minimum Gasteiger partial charge on any atom is -0.458 e. The maximum Gasteiger partial charge on any atom is 0.309 e. The van der Waals surface area contributed by atoms with Gasteiger partial charge in [-0.05, 0) is 81.5 Å². The number of epoxide rings is 2. The van der Waals surface area contributed by atoms with E-state index in [4.69, 9.17) is 23.7 Å². The Morgan fingerprint density at radius 3 is 1.48 bits per heavy atom. The highest BCUT2D eigenvalue weighted by Gasteiger charge is 2.37. The van der Waals surface area contributed by atoms with Gasteiger partial charge in [0, 0.05) is 19.3 Å². The summed E-state index contributed by atoms with van der Waals surface area (Å²) in [6.07, 6.45) is 37.2. The molecule has 8 heteroatoms. The number of esters is 3.